The Morgan fingerprint density at radius 1 is 1.09 bits per heavy atom. The lowest BCUT2D eigenvalue weighted by Gasteiger charge is -2.22. The van der Waals surface area contributed by atoms with Gasteiger partial charge in [0.25, 0.3) is 0 Å². The normalized spacial score (nSPS) is 15.6. The molecule has 1 aromatic heterocycles. The van der Waals surface area contributed by atoms with Gasteiger partial charge in [-0.25, -0.2) is 0 Å². The van der Waals surface area contributed by atoms with Crippen LogP contribution in [-0.4, -0.2) is 35.1 Å². The van der Waals surface area contributed by atoms with Gasteiger partial charge in [0.15, 0.2) is 0 Å². The summed E-state index contributed by atoms with van der Waals surface area (Å²) in [7, 11) is 0. The molecule has 2 aromatic carbocycles. The molecule has 1 fully saturated rings. The number of carbonyl (C=O) groups is 1. The molecule has 1 saturated heterocycles. The van der Waals surface area contributed by atoms with Crippen LogP contribution in [0.2, 0.25) is 5.02 Å². The number of rotatable bonds is 9. The molecule has 3 aromatic rings. The first-order valence-electron chi connectivity index (χ1n) is 11.1. The van der Waals surface area contributed by atoms with Crippen LogP contribution in [0.1, 0.15) is 29.5 Å². The summed E-state index contributed by atoms with van der Waals surface area (Å²) in [5, 5.41) is 0.610. The van der Waals surface area contributed by atoms with Gasteiger partial charge in [0.2, 0.25) is 5.91 Å². The number of halogens is 1. The van der Waals surface area contributed by atoms with Crippen LogP contribution in [0, 0.1) is 0 Å². The Balaban J connectivity index is 1.43. The second-order valence-electron chi connectivity index (χ2n) is 8.00. The first kappa shape index (κ1) is 23.0. The maximum Gasteiger partial charge on any atom is 0.247 e. The van der Waals surface area contributed by atoms with Crippen LogP contribution in [0.5, 0.6) is 5.75 Å². The molecular formula is C27H27ClN2O3. The van der Waals surface area contributed by atoms with Crippen molar-refractivity contribution in [2.24, 2.45) is 0 Å². The summed E-state index contributed by atoms with van der Waals surface area (Å²) in [6.07, 6.45) is 9.15. The van der Waals surface area contributed by atoms with E-state index in [9.17, 15) is 4.79 Å². The lowest BCUT2D eigenvalue weighted by Crippen LogP contribution is -2.28. The third kappa shape index (κ3) is 6.91. The van der Waals surface area contributed by atoms with Gasteiger partial charge in [-0.1, -0.05) is 48.0 Å². The molecule has 1 amide bonds. The molecular weight excluding hydrogens is 436 g/mol. The summed E-state index contributed by atoms with van der Waals surface area (Å²) in [5.41, 5.74) is 2.79. The van der Waals surface area contributed by atoms with E-state index in [1.54, 1.807) is 29.4 Å². The summed E-state index contributed by atoms with van der Waals surface area (Å²) in [4.78, 5) is 19.0. The van der Waals surface area contributed by atoms with E-state index in [0.717, 1.165) is 41.9 Å². The minimum Gasteiger partial charge on any atom is -0.491 e. The van der Waals surface area contributed by atoms with E-state index in [1.165, 1.54) is 0 Å². The molecule has 6 heteroatoms. The highest BCUT2D eigenvalue weighted by Crippen LogP contribution is 2.19. The van der Waals surface area contributed by atoms with Gasteiger partial charge >= 0.3 is 0 Å². The van der Waals surface area contributed by atoms with Gasteiger partial charge in [-0.05, 0) is 59.9 Å². The number of benzene rings is 2. The monoisotopic (exact) mass is 462 g/mol. The molecule has 1 unspecified atom stereocenters. The van der Waals surface area contributed by atoms with E-state index < -0.39 is 0 Å². The van der Waals surface area contributed by atoms with Crippen LogP contribution in [-0.2, 0) is 22.6 Å². The van der Waals surface area contributed by atoms with E-state index in [4.69, 9.17) is 21.1 Å². The zero-order chi connectivity index (χ0) is 22.9. The fourth-order valence-electron chi connectivity index (χ4n) is 3.68. The number of carbonyl (C=O) groups excluding carboxylic acids is 1. The average Bonchev–Trinajstić information content (AvgIpc) is 3.37. The third-order valence-electron chi connectivity index (χ3n) is 5.48. The second-order valence-corrected chi connectivity index (χ2v) is 8.41. The van der Waals surface area contributed by atoms with Crippen molar-refractivity contribution in [2.75, 3.05) is 13.2 Å². The molecule has 0 radical (unpaired) electrons. The van der Waals surface area contributed by atoms with E-state index in [1.807, 2.05) is 60.7 Å². The summed E-state index contributed by atoms with van der Waals surface area (Å²) < 4.78 is 11.5. The van der Waals surface area contributed by atoms with E-state index in [-0.39, 0.29) is 12.0 Å². The summed E-state index contributed by atoms with van der Waals surface area (Å²) in [6.45, 7) is 2.31. The average molecular weight is 463 g/mol. The highest BCUT2D eigenvalue weighted by molar-refractivity contribution is 6.32. The maximum atomic E-state index is 13.1. The predicted octanol–water partition coefficient (Wildman–Crippen LogP) is 5.54. The van der Waals surface area contributed by atoms with Gasteiger partial charge in [-0.2, -0.15) is 0 Å². The molecule has 1 aliphatic rings. The smallest absolute Gasteiger partial charge is 0.247 e. The Bertz CT molecular complexity index is 1060. The van der Waals surface area contributed by atoms with Crippen molar-refractivity contribution >= 4 is 23.6 Å². The summed E-state index contributed by atoms with van der Waals surface area (Å²) >= 11 is 6.22. The zero-order valence-electron chi connectivity index (χ0n) is 18.4. The van der Waals surface area contributed by atoms with Gasteiger partial charge in [0.1, 0.15) is 12.4 Å². The molecule has 0 saturated carbocycles. The lowest BCUT2D eigenvalue weighted by molar-refractivity contribution is -0.127. The van der Waals surface area contributed by atoms with Crippen molar-refractivity contribution in [3.8, 4) is 5.75 Å². The van der Waals surface area contributed by atoms with Crippen LogP contribution in [0.25, 0.3) is 6.08 Å². The second kappa shape index (κ2) is 11.6. The molecule has 1 atom stereocenters. The van der Waals surface area contributed by atoms with Crippen LogP contribution < -0.4 is 4.74 Å². The summed E-state index contributed by atoms with van der Waals surface area (Å²) in [5.74, 6) is 0.704. The van der Waals surface area contributed by atoms with Crippen LogP contribution >= 0.6 is 11.6 Å². The SMILES string of the molecule is O=C(/C=C/c1ccccc1Cl)N(Cc1ccc(OCC2CCCO2)cc1)Cc1cccnc1. The fourth-order valence-corrected chi connectivity index (χ4v) is 3.88. The van der Waals surface area contributed by atoms with Crippen LogP contribution in [0.4, 0.5) is 0 Å². The summed E-state index contributed by atoms with van der Waals surface area (Å²) in [6, 6.07) is 19.2. The minimum atomic E-state index is -0.0996. The number of aromatic nitrogens is 1. The molecule has 170 valence electrons. The number of ether oxygens (including phenoxy) is 2. The van der Waals surface area contributed by atoms with Crippen molar-refractivity contribution < 1.29 is 14.3 Å². The Kier molecular flexibility index (Phi) is 8.12. The standard InChI is InChI=1S/C27H27ClN2O3/c28-26-8-2-1-6-23(26)11-14-27(31)30(19-22-5-3-15-29-17-22)18-21-9-12-24(13-10-21)33-20-25-7-4-16-32-25/h1-3,5-6,8-15,17,25H,4,7,16,18-20H2/b14-11+. The van der Waals surface area contributed by atoms with Crippen molar-refractivity contribution in [2.45, 2.75) is 32.0 Å². The van der Waals surface area contributed by atoms with Gasteiger partial charge in [0.05, 0.1) is 6.10 Å². The minimum absolute atomic E-state index is 0.0996. The van der Waals surface area contributed by atoms with Crippen molar-refractivity contribution in [1.82, 2.24) is 9.88 Å². The molecule has 2 heterocycles. The quantitative estimate of drug-likeness (QED) is 0.392. The topological polar surface area (TPSA) is 51.7 Å². The van der Waals surface area contributed by atoms with Crippen LogP contribution in [0.3, 0.4) is 0 Å². The van der Waals surface area contributed by atoms with Crippen molar-refractivity contribution in [3.63, 3.8) is 0 Å². The Labute approximate surface area is 199 Å². The molecule has 0 spiro atoms. The largest absolute Gasteiger partial charge is 0.491 e. The number of nitrogens with zero attached hydrogens (tertiary/aromatic N) is 2. The highest BCUT2D eigenvalue weighted by atomic mass is 35.5. The van der Waals surface area contributed by atoms with Crippen LogP contribution in [0.15, 0.2) is 79.1 Å². The highest BCUT2D eigenvalue weighted by Gasteiger charge is 2.16. The number of pyridine rings is 1. The first-order valence-corrected chi connectivity index (χ1v) is 11.5. The lowest BCUT2D eigenvalue weighted by atomic mass is 10.1. The Morgan fingerprint density at radius 3 is 2.64 bits per heavy atom. The maximum absolute atomic E-state index is 13.1. The number of hydrogen-bond acceptors (Lipinski definition) is 4. The number of amides is 1. The molecule has 33 heavy (non-hydrogen) atoms. The molecule has 1 aliphatic heterocycles. The van der Waals surface area contributed by atoms with E-state index >= 15 is 0 Å². The Morgan fingerprint density at radius 2 is 1.91 bits per heavy atom. The van der Waals surface area contributed by atoms with Gasteiger partial charge in [-0.15, -0.1) is 0 Å². The predicted molar refractivity (Wildman–Crippen MR) is 130 cm³/mol. The fraction of sp³-hybridized carbons (Fsp3) is 0.259. The third-order valence-corrected chi connectivity index (χ3v) is 5.82. The molecule has 4 rings (SSSR count). The van der Waals surface area contributed by atoms with Crippen molar-refractivity contribution in [3.05, 3.63) is 101 Å². The van der Waals surface area contributed by atoms with Gasteiger partial charge < -0.3 is 14.4 Å². The molecule has 0 bridgehead atoms. The zero-order valence-corrected chi connectivity index (χ0v) is 19.2. The van der Waals surface area contributed by atoms with E-state index in [2.05, 4.69) is 4.98 Å². The number of hydrogen-bond donors (Lipinski definition) is 0. The Hall–Kier alpha value is -3.15. The molecule has 5 nitrogen and oxygen atoms in total. The molecule has 0 N–H and O–H groups in total. The first-order chi connectivity index (χ1) is 16.2. The molecule has 0 aliphatic carbocycles. The van der Waals surface area contributed by atoms with Crippen molar-refractivity contribution in [1.29, 1.82) is 0 Å². The van der Waals surface area contributed by atoms with Gasteiger partial charge in [-0.3, -0.25) is 9.78 Å². The van der Waals surface area contributed by atoms with E-state index in [0.29, 0.717) is 24.7 Å². The van der Waals surface area contributed by atoms with Gasteiger partial charge in [0, 0.05) is 43.2 Å².